The molecule has 0 spiro atoms. The Morgan fingerprint density at radius 1 is 1.28 bits per heavy atom. The lowest BCUT2D eigenvalue weighted by atomic mass is 10.1. The summed E-state index contributed by atoms with van der Waals surface area (Å²) in [4.78, 5) is 16.1. The second-order valence-corrected chi connectivity index (χ2v) is 9.44. The summed E-state index contributed by atoms with van der Waals surface area (Å²) in [5.41, 5.74) is 1.62. The fraction of sp³-hybridized carbons (Fsp3) is 0.389. The molecule has 25 heavy (non-hydrogen) atoms. The van der Waals surface area contributed by atoms with Gasteiger partial charge in [-0.2, -0.15) is 0 Å². The van der Waals surface area contributed by atoms with E-state index in [4.69, 9.17) is 0 Å². The maximum absolute atomic E-state index is 12.8. The number of carbonyl (C=O) groups excluding carboxylic acids is 1. The lowest BCUT2D eigenvalue weighted by Crippen LogP contribution is -2.35. The number of thiophene rings is 1. The molecule has 1 aromatic heterocycles. The van der Waals surface area contributed by atoms with Crippen LogP contribution < -0.4 is 4.72 Å². The summed E-state index contributed by atoms with van der Waals surface area (Å²) in [6.45, 7) is 1.74. The minimum atomic E-state index is -3.56. The number of rotatable bonds is 5. The van der Waals surface area contributed by atoms with Crippen LogP contribution in [-0.2, 0) is 23.0 Å². The van der Waals surface area contributed by atoms with Gasteiger partial charge in [-0.3, -0.25) is 4.79 Å². The Labute approximate surface area is 151 Å². The third-order valence-corrected chi connectivity index (χ3v) is 7.19. The van der Waals surface area contributed by atoms with E-state index in [9.17, 15) is 13.2 Å². The van der Waals surface area contributed by atoms with Crippen LogP contribution in [0.1, 0.15) is 33.6 Å². The SMILES string of the molecule is O=C(c1cccc(S(=O)(=O)NCC2CC2)c1)N1CCc2sccc2C1. The Morgan fingerprint density at radius 3 is 2.92 bits per heavy atom. The molecule has 0 radical (unpaired) electrons. The summed E-state index contributed by atoms with van der Waals surface area (Å²) in [6.07, 6.45) is 3.03. The maximum Gasteiger partial charge on any atom is 0.254 e. The lowest BCUT2D eigenvalue weighted by molar-refractivity contribution is 0.0735. The summed E-state index contributed by atoms with van der Waals surface area (Å²) in [7, 11) is -3.56. The van der Waals surface area contributed by atoms with Crippen LogP contribution >= 0.6 is 11.3 Å². The van der Waals surface area contributed by atoms with Gasteiger partial charge in [0.2, 0.25) is 10.0 Å². The average molecular weight is 377 g/mol. The Hall–Kier alpha value is -1.70. The van der Waals surface area contributed by atoms with Crippen molar-refractivity contribution in [2.75, 3.05) is 13.1 Å². The van der Waals surface area contributed by atoms with Crippen LogP contribution in [0.3, 0.4) is 0 Å². The van der Waals surface area contributed by atoms with Crippen molar-refractivity contribution in [2.24, 2.45) is 5.92 Å². The first-order valence-electron chi connectivity index (χ1n) is 8.47. The molecule has 1 amide bonds. The third kappa shape index (κ3) is 3.63. The van der Waals surface area contributed by atoms with Gasteiger partial charge < -0.3 is 4.90 Å². The first kappa shape index (κ1) is 16.8. The number of nitrogens with zero attached hydrogens (tertiary/aromatic N) is 1. The van der Waals surface area contributed by atoms with Crippen molar-refractivity contribution in [3.63, 3.8) is 0 Å². The van der Waals surface area contributed by atoms with Crippen LogP contribution in [0.5, 0.6) is 0 Å². The highest BCUT2D eigenvalue weighted by Crippen LogP contribution is 2.28. The van der Waals surface area contributed by atoms with Gasteiger partial charge >= 0.3 is 0 Å². The Kier molecular flexibility index (Phi) is 4.39. The molecule has 2 aliphatic rings. The van der Waals surface area contributed by atoms with Gasteiger partial charge in [0.1, 0.15) is 0 Å². The number of hydrogen-bond donors (Lipinski definition) is 1. The molecule has 1 aliphatic heterocycles. The second kappa shape index (κ2) is 6.55. The van der Waals surface area contributed by atoms with Crippen LogP contribution in [0, 0.1) is 5.92 Å². The smallest absolute Gasteiger partial charge is 0.254 e. The topological polar surface area (TPSA) is 66.5 Å². The molecular formula is C18H20N2O3S2. The van der Waals surface area contributed by atoms with E-state index in [1.807, 2.05) is 0 Å². The van der Waals surface area contributed by atoms with Gasteiger partial charge in [0.15, 0.2) is 0 Å². The fourth-order valence-electron chi connectivity index (χ4n) is 3.03. The zero-order chi connectivity index (χ0) is 17.4. The molecule has 0 bridgehead atoms. The number of sulfonamides is 1. The van der Waals surface area contributed by atoms with E-state index in [1.165, 1.54) is 16.5 Å². The van der Waals surface area contributed by atoms with Gasteiger partial charge in [-0.1, -0.05) is 6.07 Å². The molecular weight excluding hydrogens is 356 g/mol. The number of benzene rings is 1. The molecule has 132 valence electrons. The van der Waals surface area contributed by atoms with Gasteiger partial charge in [-0.05, 0) is 60.4 Å². The molecule has 0 atom stereocenters. The Balaban J connectivity index is 1.51. The highest BCUT2D eigenvalue weighted by molar-refractivity contribution is 7.89. The molecule has 0 unspecified atom stereocenters. The standard InChI is InChI=1S/C18H20N2O3S2/c21-18(20-8-6-17-15(12-20)7-9-24-17)14-2-1-3-16(10-14)25(22,23)19-11-13-4-5-13/h1-3,7,9-10,13,19H,4-6,8,11-12H2. The largest absolute Gasteiger partial charge is 0.334 e. The highest BCUT2D eigenvalue weighted by Gasteiger charge is 2.26. The Bertz CT molecular complexity index is 901. The highest BCUT2D eigenvalue weighted by atomic mass is 32.2. The van der Waals surface area contributed by atoms with Crippen molar-refractivity contribution in [3.8, 4) is 0 Å². The molecule has 1 fully saturated rings. The van der Waals surface area contributed by atoms with E-state index < -0.39 is 10.0 Å². The minimum absolute atomic E-state index is 0.115. The molecule has 1 aliphatic carbocycles. The van der Waals surface area contributed by atoms with E-state index in [0.717, 1.165) is 19.3 Å². The number of carbonyl (C=O) groups is 1. The average Bonchev–Trinajstić information content (AvgIpc) is 3.34. The van der Waals surface area contributed by atoms with E-state index in [0.29, 0.717) is 31.1 Å². The van der Waals surface area contributed by atoms with Crippen molar-refractivity contribution in [1.82, 2.24) is 9.62 Å². The maximum atomic E-state index is 12.8. The molecule has 1 saturated carbocycles. The van der Waals surface area contributed by atoms with Gasteiger partial charge in [0, 0.05) is 30.1 Å². The monoisotopic (exact) mass is 376 g/mol. The first-order valence-corrected chi connectivity index (χ1v) is 10.8. The van der Waals surface area contributed by atoms with E-state index in [1.54, 1.807) is 34.4 Å². The third-order valence-electron chi connectivity index (χ3n) is 4.75. The molecule has 4 rings (SSSR count). The number of amides is 1. The van der Waals surface area contributed by atoms with Gasteiger partial charge in [-0.15, -0.1) is 11.3 Å². The van der Waals surface area contributed by atoms with E-state index in [-0.39, 0.29) is 10.8 Å². The summed E-state index contributed by atoms with van der Waals surface area (Å²) >= 11 is 1.73. The summed E-state index contributed by atoms with van der Waals surface area (Å²) in [5.74, 6) is 0.351. The van der Waals surface area contributed by atoms with Crippen molar-refractivity contribution in [3.05, 3.63) is 51.7 Å². The molecule has 7 heteroatoms. The van der Waals surface area contributed by atoms with E-state index in [2.05, 4.69) is 16.2 Å². The predicted molar refractivity (Wildman–Crippen MR) is 97.1 cm³/mol. The van der Waals surface area contributed by atoms with E-state index >= 15 is 0 Å². The van der Waals surface area contributed by atoms with Crippen LogP contribution in [0.15, 0.2) is 40.6 Å². The van der Waals surface area contributed by atoms with Gasteiger partial charge in [-0.25, -0.2) is 13.1 Å². The molecule has 2 heterocycles. The van der Waals surface area contributed by atoms with Crippen LogP contribution in [0.4, 0.5) is 0 Å². The second-order valence-electron chi connectivity index (χ2n) is 6.67. The summed E-state index contributed by atoms with van der Waals surface area (Å²) in [5, 5.41) is 2.05. The fourth-order valence-corrected chi connectivity index (χ4v) is 5.08. The lowest BCUT2D eigenvalue weighted by Gasteiger charge is -2.27. The van der Waals surface area contributed by atoms with Crippen LogP contribution in [0.25, 0.3) is 0 Å². The van der Waals surface area contributed by atoms with Crippen LogP contribution in [0.2, 0.25) is 0 Å². The molecule has 1 N–H and O–H groups in total. The van der Waals surface area contributed by atoms with Crippen molar-refractivity contribution in [1.29, 1.82) is 0 Å². The van der Waals surface area contributed by atoms with Gasteiger partial charge in [0.25, 0.3) is 5.91 Å². The molecule has 5 nitrogen and oxygen atoms in total. The first-order chi connectivity index (χ1) is 12.0. The Morgan fingerprint density at radius 2 is 2.12 bits per heavy atom. The van der Waals surface area contributed by atoms with Gasteiger partial charge in [0.05, 0.1) is 4.90 Å². The van der Waals surface area contributed by atoms with Crippen molar-refractivity contribution in [2.45, 2.75) is 30.7 Å². The zero-order valence-corrected chi connectivity index (χ0v) is 15.4. The molecule has 1 aromatic carbocycles. The number of fused-ring (bicyclic) bond motifs is 1. The summed E-state index contributed by atoms with van der Waals surface area (Å²) in [6, 6.07) is 8.41. The normalized spacial score (nSPS) is 17.4. The number of nitrogens with one attached hydrogen (secondary N) is 1. The van der Waals surface area contributed by atoms with Crippen LogP contribution in [-0.4, -0.2) is 32.3 Å². The summed E-state index contributed by atoms with van der Waals surface area (Å²) < 4.78 is 27.5. The predicted octanol–water partition coefficient (Wildman–Crippen LogP) is 2.63. The number of hydrogen-bond acceptors (Lipinski definition) is 4. The zero-order valence-electron chi connectivity index (χ0n) is 13.8. The quantitative estimate of drug-likeness (QED) is 0.872. The van der Waals surface area contributed by atoms with Crippen molar-refractivity contribution >= 4 is 27.3 Å². The molecule has 0 saturated heterocycles. The molecule has 2 aromatic rings. The minimum Gasteiger partial charge on any atom is -0.334 e. The van der Waals surface area contributed by atoms with Crippen molar-refractivity contribution < 1.29 is 13.2 Å².